The van der Waals surface area contributed by atoms with E-state index in [0.717, 1.165) is 14.6 Å². The maximum Gasteiger partial charge on any atom is 0.144 e. The van der Waals surface area contributed by atoms with Gasteiger partial charge in [-0.05, 0) is 40.2 Å². The highest BCUT2D eigenvalue weighted by molar-refractivity contribution is 9.10. The van der Waals surface area contributed by atoms with E-state index in [9.17, 15) is 0 Å². The van der Waals surface area contributed by atoms with E-state index in [1.807, 2.05) is 18.2 Å². The number of nitrogens with zero attached hydrogens (tertiary/aromatic N) is 1. The van der Waals surface area contributed by atoms with Gasteiger partial charge < -0.3 is 11.1 Å². The van der Waals surface area contributed by atoms with E-state index in [1.165, 1.54) is 0 Å². The summed E-state index contributed by atoms with van der Waals surface area (Å²) < 4.78 is 1.72. The normalized spacial score (nSPS) is 10.3. The van der Waals surface area contributed by atoms with Gasteiger partial charge in [0.05, 0.1) is 27.1 Å². The Morgan fingerprint density at radius 1 is 1.24 bits per heavy atom. The van der Waals surface area contributed by atoms with Crippen molar-refractivity contribution < 1.29 is 0 Å². The number of anilines is 3. The molecule has 0 saturated carbocycles. The molecular formula is C11H8Br2ClN3. The lowest BCUT2D eigenvalue weighted by Crippen LogP contribution is -1.97. The highest BCUT2D eigenvalue weighted by Gasteiger charge is 2.05. The molecule has 0 amide bonds. The van der Waals surface area contributed by atoms with Crippen LogP contribution in [0, 0.1) is 0 Å². The van der Waals surface area contributed by atoms with Gasteiger partial charge in [0, 0.05) is 4.47 Å². The SMILES string of the molecule is Nc1cnc(Nc2ccc(Br)cc2Cl)c(Br)c1. The Morgan fingerprint density at radius 3 is 2.65 bits per heavy atom. The van der Waals surface area contributed by atoms with Gasteiger partial charge in [-0.2, -0.15) is 0 Å². The summed E-state index contributed by atoms with van der Waals surface area (Å²) in [6.07, 6.45) is 1.58. The predicted molar refractivity (Wildman–Crippen MR) is 78.8 cm³/mol. The van der Waals surface area contributed by atoms with Gasteiger partial charge in [-0.15, -0.1) is 0 Å². The third-order valence-electron chi connectivity index (χ3n) is 2.05. The van der Waals surface area contributed by atoms with Crippen molar-refractivity contribution in [3.8, 4) is 0 Å². The van der Waals surface area contributed by atoms with Crippen LogP contribution >= 0.6 is 43.5 Å². The van der Waals surface area contributed by atoms with Crippen LogP contribution in [0.2, 0.25) is 5.02 Å². The second kappa shape index (κ2) is 5.25. The fraction of sp³-hybridized carbons (Fsp3) is 0. The van der Waals surface area contributed by atoms with Gasteiger partial charge in [-0.25, -0.2) is 4.98 Å². The molecule has 0 aliphatic rings. The minimum atomic E-state index is 0.601. The van der Waals surface area contributed by atoms with Crippen molar-refractivity contribution in [2.75, 3.05) is 11.1 Å². The van der Waals surface area contributed by atoms with E-state index in [0.29, 0.717) is 16.5 Å². The molecule has 0 bridgehead atoms. The first kappa shape index (κ1) is 12.7. The second-order valence-electron chi connectivity index (χ2n) is 3.35. The number of hydrogen-bond donors (Lipinski definition) is 2. The Morgan fingerprint density at radius 2 is 2.00 bits per heavy atom. The molecule has 0 fully saturated rings. The summed E-state index contributed by atoms with van der Waals surface area (Å²) in [5.74, 6) is 0.670. The van der Waals surface area contributed by atoms with Gasteiger partial charge in [0.2, 0.25) is 0 Å². The summed E-state index contributed by atoms with van der Waals surface area (Å²) in [5, 5.41) is 3.74. The predicted octanol–water partition coefficient (Wildman–Crippen LogP) is 4.59. The average Bonchev–Trinajstić information content (AvgIpc) is 2.25. The molecule has 2 aromatic rings. The first-order valence-corrected chi connectivity index (χ1v) is 6.66. The Hall–Kier alpha value is -0.780. The van der Waals surface area contributed by atoms with Gasteiger partial charge in [0.25, 0.3) is 0 Å². The smallest absolute Gasteiger partial charge is 0.144 e. The lowest BCUT2D eigenvalue weighted by molar-refractivity contribution is 1.29. The molecule has 0 aliphatic heterocycles. The molecule has 0 unspecified atom stereocenters. The first-order valence-electron chi connectivity index (χ1n) is 4.69. The highest BCUT2D eigenvalue weighted by atomic mass is 79.9. The molecule has 0 radical (unpaired) electrons. The van der Waals surface area contributed by atoms with Crippen molar-refractivity contribution in [2.24, 2.45) is 0 Å². The maximum absolute atomic E-state index is 6.10. The van der Waals surface area contributed by atoms with Crippen LogP contribution in [-0.2, 0) is 0 Å². The summed E-state index contributed by atoms with van der Waals surface area (Å²) in [4.78, 5) is 4.18. The Labute approximate surface area is 121 Å². The molecule has 0 aliphatic carbocycles. The highest BCUT2D eigenvalue weighted by Crippen LogP contribution is 2.30. The zero-order valence-corrected chi connectivity index (χ0v) is 12.5. The number of pyridine rings is 1. The lowest BCUT2D eigenvalue weighted by atomic mass is 10.3. The largest absolute Gasteiger partial charge is 0.397 e. The summed E-state index contributed by atoms with van der Waals surface area (Å²) in [6.45, 7) is 0. The van der Waals surface area contributed by atoms with Crippen molar-refractivity contribution in [1.29, 1.82) is 0 Å². The quantitative estimate of drug-likeness (QED) is 0.805. The van der Waals surface area contributed by atoms with E-state index >= 15 is 0 Å². The molecule has 88 valence electrons. The van der Waals surface area contributed by atoms with Crippen molar-refractivity contribution in [2.45, 2.75) is 0 Å². The average molecular weight is 377 g/mol. The molecule has 3 N–H and O–H groups in total. The van der Waals surface area contributed by atoms with Crippen molar-refractivity contribution in [3.05, 3.63) is 44.4 Å². The van der Waals surface area contributed by atoms with Gasteiger partial charge in [0.1, 0.15) is 5.82 Å². The molecule has 6 heteroatoms. The van der Waals surface area contributed by atoms with Crippen molar-refractivity contribution in [1.82, 2.24) is 4.98 Å². The number of rotatable bonds is 2. The van der Waals surface area contributed by atoms with Gasteiger partial charge >= 0.3 is 0 Å². The Kier molecular flexibility index (Phi) is 3.91. The third-order valence-corrected chi connectivity index (χ3v) is 3.46. The summed E-state index contributed by atoms with van der Waals surface area (Å²) in [5.41, 5.74) is 7.00. The summed E-state index contributed by atoms with van der Waals surface area (Å²) >= 11 is 12.8. The molecule has 0 atom stereocenters. The van der Waals surface area contributed by atoms with Crippen LogP contribution < -0.4 is 11.1 Å². The molecule has 17 heavy (non-hydrogen) atoms. The zero-order chi connectivity index (χ0) is 12.4. The molecule has 0 spiro atoms. The number of nitrogens with two attached hydrogens (primary N) is 1. The standard InChI is InChI=1S/C11H8Br2ClN3/c12-6-1-2-10(9(14)3-6)17-11-8(13)4-7(15)5-16-11/h1-5H,15H2,(H,16,17). The number of nitrogens with one attached hydrogen (secondary N) is 1. The van der Waals surface area contributed by atoms with Crippen LogP contribution in [0.25, 0.3) is 0 Å². The molecular weight excluding hydrogens is 369 g/mol. The fourth-order valence-corrected chi connectivity index (χ4v) is 2.45. The molecule has 1 heterocycles. The molecule has 0 saturated heterocycles. The number of hydrogen-bond acceptors (Lipinski definition) is 3. The summed E-state index contributed by atoms with van der Waals surface area (Å²) in [7, 11) is 0. The van der Waals surface area contributed by atoms with Crippen molar-refractivity contribution >= 4 is 60.7 Å². The van der Waals surface area contributed by atoms with Gasteiger partial charge in [-0.1, -0.05) is 27.5 Å². The minimum Gasteiger partial charge on any atom is -0.397 e. The van der Waals surface area contributed by atoms with E-state index < -0.39 is 0 Å². The zero-order valence-electron chi connectivity index (χ0n) is 8.55. The van der Waals surface area contributed by atoms with Crippen LogP contribution in [0.5, 0.6) is 0 Å². The topological polar surface area (TPSA) is 50.9 Å². The lowest BCUT2D eigenvalue weighted by Gasteiger charge is -2.09. The Bertz CT molecular complexity index is 511. The van der Waals surface area contributed by atoms with Gasteiger partial charge in [0.15, 0.2) is 0 Å². The monoisotopic (exact) mass is 375 g/mol. The second-order valence-corrected chi connectivity index (χ2v) is 5.53. The van der Waals surface area contributed by atoms with Crippen LogP contribution in [-0.4, -0.2) is 4.98 Å². The maximum atomic E-state index is 6.10. The van der Waals surface area contributed by atoms with E-state index in [2.05, 4.69) is 42.2 Å². The van der Waals surface area contributed by atoms with Crippen LogP contribution in [0.15, 0.2) is 39.4 Å². The molecule has 1 aromatic carbocycles. The van der Waals surface area contributed by atoms with E-state index in [1.54, 1.807) is 12.3 Å². The number of benzene rings is 1. The number of nitrogen functional groups attached to an aromatic ring is 1. The number of halogens is 3. The first-order chi connectivity index (χ1) is 8.06. The summed E-state index contributed by atoms with van der Waals surface area (Å²) in [6, 6.07) is 7.37. The van der Waals surface area contributed by atoms with E-state index in [-0.39, 0.29) is 0 Å². The van der Waals surface area contributed by atoms with Crippen LogP contribution in [0.3, 0.4) is 0 Å². The van der Waals surface area contributed by atoms with Crippen molar-refractivity contribution in [3.63, 3.8) is 0 Å². The minimum absolute atomic E-state index is 0.601. The third kappa shape index (κ3) is 3.12. The molecule has 2 rings (SSSR count). The number of aromatic nitrogens is 1. The van der Waals surface area contributed by atoms with E-state index in [4.69, 9.17) is 17.3 Å². The van der Waals surface area contributed by atoms with Crippen LogP contribution in [0.4, 0.5) is 17.2 Å². The van der Waals surface area contributed by atoms with Crippen LogP contribution in [0.1, 0.15) is 0 Å². The Balaban J connectivity index is 2.31. The molecule has 3 nitrogen and oxygen atoms in total. The van der Waals surface area contributed by atoms with Gasteiger partial charge in [-0.3, -0.25) is 0 Å². The fourth-order valence-electron chi connectivity index (χ4n) is 1.26. The molecule has 1 aromatic heterocycles.